The van der Waals surface area contributed by atoms with Gasteiger partial charge in [0.25, 0.3) is 0 Å². The van der Waals surface area contributed by atoms with E-state index in [0.29, 0.717) is 19.6 Å². The molecule has 3 heteroatoms. The summed E-state index contributed by atoms with van der Waals surface area (Å²) in [7, 11) is 1.81. The molecule has 0 rings (SSSR count). The summed E-state index contributed by atoms with van der Waals surface area (Å²) in [5.74, 6) is 0. The van der Waals surface area contributed by atoms with Gasteiger partial charge in [-0.05, 0) is 14.0 Å². The van der Waals surface area contributed by atoms with Crippen LogP contribution in [0.3, 0.4) is 0 Å². The smallest absolute Gasteiger partial charge is 0.0415 e. The third-order valence-electron chi connectivity index (χ3n) is 0.948. The third kappa shape index (κ3) is 4.02. The predicted octanol–water partition coefficient (Wildman–Crippen LogP) is 0.412. The molecule has 0 aromatic heterocycles. The number of hydrogen-bond acceptors (Lipinski definition) is 2. The summed E-state index contributed by atoms with van der Waals surface area (Å²) in [4.78, 5) is 0. The van der Waals surface area contributed by atoms with Gasteiger partial charge in [0.1, 0.15) is 0 Å². The zero-order valence-electron chi connectivity index (χ0n) is 5.45. The van der Waals surface area contributed by atoms with E-state index in [2.05, 4.69) is 5.32 Å². The van der Waals surface area contributed by atoms with Crippen molar-refractivity contribution < 1.29 is 4.48 Å². The van der Waals surface area contributed by atoms with Gasteiger partial charge < -0.3 is 5.32 Å². The fraction of sp³-hybridized carbons (Fsp3) is 1.00. The summed E-state index contributed by atoms with van der Waals surface area (Å²) >= 11 is 0. The zero-order chi connectivity index (χ0) is 6.41. The molecular formula is C5H13FN2. The Morgan fingerprint density at radius 2 is 2.25 bits per heavy atom. The topological polar surface area (TPSA) is 15.3 Å². The lowest BCUT2D eigenvalue weighted by Gasteiger charge is -2.06. The van der Waals surface area contributed by atoms with Crippen LogP contribution in [0.1, 0.15) is 6.92 Å². The highest BCUT2D eigenvalue weighted by molar-refractivity contribution is 4.42. The minimum atomic E-state index is 0.474. The Bertz CT molecular complexity index is 49.7. The highest BCUT2D eigenvalue weighted by atomic mass is 19.2. The van der Waals surface area contributed by atoms with Crippen molar-refractivity contribution in [3.8, 4) is 0 Å². The molecule has 0 unspecified atom stereocenters. The number of rotatable bonds is 4. The predicted molar refractivity (Wildman–Crippen MR) is 32.3 cm³/mol. The Hall–Kier alpha value is -0.150. The van der Waals surface area contributed by atoms with Gasteiger partial charge in [0.2, 0.25) is 0 Å². The number of hydrogen-bond donors (Lipinski definition) is 1. The van der Waals surface area contributed by atoms with Crippen LogP contribution in [-0.2, 0) is 0 Å². The molecule has 0 aliphatic carbocycles. The van der Waals surface area contributed by atoms with E-state index in [4.69, 9.17) is 0 Å². The highest BCUT2D eigenvalue weighted by Crippen LogP contribution is 1.83. The molecule has 0 saturated heterocycles. The first-order valence-corrected chi connectivity index (χ1v) is 2.86. The second kappa shape index (κ2) is 5.00. The van der Waals surface area contributed by atoms with Crippen molar-refractivity contribution in [2.45, 2.75) is 6.92 Å². The standard InChI is InChI=1S/C5H13FN2/c1-3-8(6)5-4-7-2/h7H,3-5H2,1-2H3. The van der Waals surface area contributed by atoms with E-state index in [9.17, 15) is 4.48 Å². The van der Waals surface area contributed by atoms with Crippen LogP contribution in [0, 0.1) is 0 Å². The summed E-state index contributed by atoms with van der Waals surface area (Å²) < 4.78 is 12.1. The van der Waals surface area contributed by atoms with Crippen LogP contribution in [0.4, 0.5) is 4.48 Å². The largest absolute Gasteiger partial charge is 0.318 e. The van der Waals surface area contributed by atoms with E-state index in [-0.39, 0.29) is 0 Å². The number of nitrogens with one attached hydrogen (secondary N) is 1. The summed E-state index contributed by atoms with van der Waals surface area (Å²) in [5.41, 5.74) is 0. The van der Waals surface area contributed by atoms with Gasteiger partial charge >= 0.3 is 0 Å². The molecule has 1 N–H and O–H groups in total. The molecule has 0 aromatic carbocycles. The Labute approximate surface area is 49.6 Å². The Balaban J connectivity index is 2.86. The van der Waals surface area contributed by atoms with E-state index >= 15 is 0 Å². The lowest BCUT2D eigenvalue weighted by Crippen LogP contribution is -2.23. The molecule has 8 heavy (non-hydrogen) atoms. The van der Waals surface area contributed by atoms with Gasteiger partial charge in [-0.1, -0.05) is 0 Å². The first kappa shape index (κ1) is 7.85. The Morgan fingerprint density at radius 1 is 1.62 bits per heavy atom. The van der Waals surface area contributed by atoms with Crippen LogP contribution in [0.5, 0.6) is 0 Å². The number of nitrogens with zero attached hydrogens (tertiary/aromatic N) is 1. The number of halogens is 1. The van der Waals surface area contributed by atoms with Gasteiger partial charge in [-0.15, -0.1) is 9.60 Å². The monoisotopic (exact) mass is 120 g/mol. The van der Waals surface area contributed by atoms with E-state index < -0.39 is 0 Å². The molecule has 0 atom stereocenters. The summed E-state index contributed by atoms with van der Waals surface area (Å²) in [6.07, 6.45) is 0. The van der Waals surface area contributed by atoms with Crippen molar-refractivity contribution in [2.24, 2.45) is 0 Å². The second-order valence-electron chi connectivity index (χ2n) is 1.61. The molecule has 0 bridgehead atoms. The van der Waals surface area contributed by atoms with Crippen LogP contribution >= 0.6 is 0 Å². The van der Waals surface area contributed by atoms with E-state index in [1.165, 1.54) is 0 Å². The minimum Gasteiger partial charge on any atom is -0.318 e. The average molecular weight is 120 g/mol. The van der Waals surface area contributed by atoms with E-state index in [1.807, 2.05) is 7.05 Å². The van der Waals surface area contributed by atoms with E-state index in [0.717, 1.165) is 5.12 Å². The van der Waals surface area contributed by atoms with Crippen molar-refractivity contribution >= 4 is 0 Å². The molecule has 0 aliphatic rings. The molecule has 0 radical (unpaired) electrons. The molecule has 0 fully saturated rings. The molecule has 0 heterocycles. The Morgan fingerprint density at radius 3 is 2.62 bits per heavy atom. The maximum absolute atomic E-state index is 12.1. The Kier molecular flexibility index (Phi) is 4.90. The first-order valence-electron chi connectivity index (χ1n) is 2.86. The molecule has 0 aromatic rings. The normalized spacial score (nSPS) is 10.5. The van der Waals surface area contributed by atoms with Crippen molar-refractivity contribution in [3.05, 3.63) is 0 Å². The SMILES string of the molecule is CCN(F)CCNC. The maximum Gasteiger partial charge on any atom is 0.0415 e. The molecule has 0 saturated carbocycles. The van der Waals surface area contributed by atoms with Gasteiger partial charge in [-0.25, -0.2) is 0 Å². The molecule has 2 nitrogen and oxygen atoms in total. The van der Waals surface area contributed by atoms with Gasteiger partial charge in [0.05, 0.1) is 0 Å². The van der Waals surface area contributed by atoms with Crippen molar-refractivity contribution in [2.75, 3.05) is 26.7 Å². The lowest BCUT2D eigenvalue weighted by molar-refractivity contribution is 0.0341. The fourth-order valence-electron chi connectivity index (χ4n) is 0.391. The van der Waals surface area contributed by atoms with Gasteiger partial charge in [0, 0.05) is 19.6 Å². The van der Waals surface area contributed by atoms with Crippen LogP contribution < -0.4 is 5.32 Å². The number of likely N-dealkylation sites (N-methyl/N-ethyl adjacent to an activating group) is 2. The molecule has 0 spiro atoms. The third-order valence-corrected chi connectivity index (χ3v) is 0.948. The fourth-order valence-corrected chi connectivity index (χ4v) is 0.391. The van der Waals surface area contributed by atoms with Crippen LogP contribution in [-0.4, -0.2) is 31.8 Å². The quantitative estimate of drug-likeness (QED) is 0.541. The lowest BCUT2D eigenvalue weighted by atomic mass is 10.6. The van der Waals surface area contributed by atoms with Crippen LogP contribution in [0.15, 0.2) is 0 Å². The molecule has 50 valence electrons. The van der Waals surface area contributed by atoms with Crippen LogP contribution in [0.2, 0.25) is 0 Å². The summed E-state index contributed by atoms with van der Waals surface area (Å²) in [6.45, 7) is 3.45. The molecule has 0 aliphatic heterocycles. The van der Waals surface area contributed by atoms with Crippen molar-refractivity contribution in [1.82, 2.24) is 10.4 Å². The average Bonchev–Trinajstić information content (AvgIpc) is 1.83. The summed E-state index contributed by atoms with van der Waals surface area (Å²) in [5, 5.41) is 3.63. The van der Waals surface area contributed by atoms with Crippen molar-refractivity contribution in [1.29, 1.82) is 0 Å². The zero-order valence-corrected chi connectivity index (χ0v) is 5.45. The molecule has 0 amide bonds. The van der Waals surface area contributed by atoms with Crippen molar-refractivity contribution in [3.63, 3.8) is 0 Å². The molecular weight excluding hydrogens is 107 g/mol. The highest BCUT2D eigenvalue weighted by Gasteiger charge is 1.93. The maximum atomic E-state index is 12.1. The van der Waals surface area contributed by atoms with Crippen LogP contribution in [0.25, 0.3) is 0 Å². The van der Waals surface area contributed by atoms with Gasteiger partial charge in [-0.3, -0.25) is 0 Å². The second-order valence-corrected chi connectivity index (χ2v) is 1.61. The van der Waals surface area contributed by atoms with Gasteiger partial charge in [-0.2, -0.15) is 0 Å². The van der Waals surface area contributed by atoms with E-state index in [1.54, 1.807) is 6.92 Å². The summed E-state index contributed by atoms with van der Waals surface area (Å²) in [6, 6.07) is 0. The first-order chi connectivity index (χ1) is 3.81. The van der Waals surface area contributed by atoms with Gasteiger partial charge in [0.15, 0.2) is 0 Å². The minimum absolute atomic E-state index is 0.474.